The first-order chi connectivity index (χ1) is 9.58. The van der Waals surface area contributed by atoms with E-state index >= 15 is 0 Å². The van der Waals surface area contributed by atoms with Gasteiger partial charge in [0.05, 0.1) is 0 Å². The molecule has 0 saturated heterocycles. The number of esters is 1. The summed E-state index contributed by atoms with van der Waals surface area (Å²) in [6, 6.07) is 2.54. The third kappa shape index (κ3) is 3.53. The van der Waals surface area contributed by atoms with Crippen molar-refractivity contribution in [2.24, 2.45) is 13.0 Å². The molecule has 0 aliphatic heterocycles. The Morgan fingerprint density at radius 1 is 1.30 bits per heavy atom. The van der Waals surface area contributed by atoms with E-state index in [1.54, 1.807) is 0 Å². The van der Waals surface area contributed by atoms with Crippen LogP contribution in [0.4, 0.5) is 0 Å². The molecule has 1 aliphatic carbocycles. The maximum Gasteiger partial charge on any atom is 0.359 e. The fourth-order valence-electron chi connectivity index (χ4n) is 2.36. The molecule has 20 heavy (non-hydrogen) atoms. The quantitative estimate of drug-likeness (QED) is 0.770. The van der Waals surface area contributed by atoms with Crippen LogP contribution in [0.1, 0.15) is 42.6 Å². The molecule has 0 atom stereocenters. The number of aryl methyl sites for hydroxylation is 1. The zero-order valence-corrected chi connectivity index (χ0v) is 11.5. The van der Waals surface area contributed by atoms with Gasteiger partial charge in [-0.2, -0.15) is 5.10 Å². The number of hydrogen-bond donors (Lipinski definition) is 0. The minimum atomic E-state index is -0.676. The highest BCUT2D eigenvalue weighted by Crippen LogP contribution is 2.24. The van der Waals surface area contributed by atoms with Crippen LogP contribution in [-0.2, 0) is 16.6 Å². The van der Waals surface area contributed by atoms with Crippen LogP contribution in [0, 0.1) is 5.92 Å². The molecular formula is C14H18N2O4. The molecule has 1 heterocycles. The van der Waals surface area contributed by atoms with Crippen LogP contribution in [0.2, 0.25) is 0 Å². The Morgan fingerprint density at radius 2 is 2.00 bits per heavy atom. The first-order valence-corrected chi connectivity index (χ1v) is 6.82. The average molecular weight is 278 g/mol. The summed E-state index contributed by atoms with van der Waals surface area (Å²) in [5.41, 5.74) is -0.275. The number of rotatable bonds is 4. The smallest absolute Gasteiger partial charge is 0.359 e. The highest BCUT2D eigenvalue weighted by atomic mass is 16.5. The predicted octanol–water partition coefficient (Wildman–Crippen LogP) is 1.09. The third-order valence-corrected chi connectivity index (χ3v) is 3.58. The van der Waals surface area contributed by atoms with Gasteiger partial charge in [0.1, 0.15) is 0 Å². The topological polar surface area (TPSA) is 78.3 Å². The van der Waals surface area contributed by atoms with Crippen molar-refractivity contribution in [3.63, 3.8) is 0 Å². The van der Waals surface area contributed by atoms with Crippen molar-refractivity contribution in [2.75, 3.05) is 6.61 Å². The Balaban J connectivity index is 1.89. The van der Waals surface area contributed by atoms with Gasteiger partial charge in [0.2, 0.25) is 0 Å². The van der Waals surface area contributed by atoms with E-state index in [4.69, 9.17) is 4.74 Å². The van der Waals surface area contributed by atoms with Gasteiger partial charge in [-0.25, -0.2) is 9.48 Å². The van der Waals surface area contributed by atoms with Gasteiger partial charge in [0, 0.05) is 19.0 Å². The van der Waals surface area contributed by atoms with Crippen molar-refractivity contribution in [3.8, 4) is 0 Å². The SMILES string of the molecule is Cn1nc(C(=O)OCC(=O)C2CCCCC2)ccc1=O. The molecule has 108 valence electrons. The van der Waals surface area contributed by atoms with Gasteiger partial charge in [-0.3, -0.25) is 9.59 Å². The zero-order valence-electron chi connectivity index (χ0n) is 11.5. The average Bonchev–Trinajstić information content (AvgIpc) is 2.48. The van der Waals surface area contributed by atoms with Crippen molar-refractivity contribution in [3.05, 3.63) is 28.2 Å². The monoisotopic (exact) mass is 278 g/mol. The van der Waals surface area contributed by atoms with Crippen LogP contribution in [0.15, 0.2) is 16.9 Å². The summed E-state index contributed by atoms with van der Waals surface area (Å²) in [5, 5.41) is 3.78. The van der Waals surface area contributed by atoms with E-state index in [-0.39, 0.29) is 29.6 Å². The van der Waals surface area contributed by atoms with Gasteiger partial charge in [0.25, 0.3) is 5.56 Å². The summed E-state index contributed by atoms with van der Waals surface area (Å²) < 4.78 is 6.03. The van der Waals surface area contributed by atoms with E-state index < -0.39 is 5.97 Å². The molecule has 0 N–H and O–H groups in total. The first-order valence-electron chi connectivity index (χ1n) is 6.82. The van der Waals surface area contributed by atoms with Gasteiger partial charge in [-0.05, 0) is 18.9 Å². The molecule has 0 bridgehead atoms. The molecule has 6 heteroatoms. The molecule has 0 aromatic carbocycles. The number of hydrogen-bond acceptors (Lipinski definition) is 5. The van der Waals surface area contributed by atoms with E-state index in [9.17, 15) is 14.4 Å². The van der Waals surface area contributed by atoms with Crippen LogP contribution in [0.5, 0.6) is 0 Å². The summed E-state index contributed by atoms with van der Waals surface area (Å²) in [6.45, 7) is -0.214. The molecule has 1 aromatic rings. The molecular weight excluding hydrogens is 260 g/mol. The Hall–Kier alpha value is -1.98. The fourth-order valence-corrected chi connectivity index (χ4v) is 2.36. The molecule has 0 amide bonds. The maximum absolute atomic E-state index is 11.9. The summed E-state index contributed by atoms with van der Waals surface area (Å²) in [5.74, 6) is -0.683. The molecule has 0 spiro atoms. The highest BCUT2D eigenvalue weighted by molar-refractivity contribution is 5.90. The van der Waals surface area contributed by atoms with Crippen molar-refractivity contribution in [1.82, 2.24) is 9.78 Å². The number of aromatic nitrogens is 2. The summed E-state index contributed by atoms with van der Waals surface area (Å²) >= 11 is 0. The molecule has 1 saturated carbocycles. The summed E-state index contributed by atoms with van der Waals surface area (Å²) in [7, 11) is 1.45. The Morgan fingerprint density at radius 3 is 2.65 bits per heavy atom. The first kappa shape index (κ1) is 14.4. The fraction of sp³-hybridized carbons (Fsp3) is 0.571. The molecule has 0 radical (unpaired) electrons. The van der Waals surface area contributed by atoms with E-state index in [0.29, 0.717) is 0 Å². The van der Waals surface area contributed by atoms with Crippen LogP contribution in [-0.4, -0.2) is 28.1 Å². The number of carbonyl (C=O) groups excluding carboxylic acids is 2. The largest absolute Gasteiger partial charge is 0.453 e. The number of carbonyl (C=O) groups is 2. The Labute approximate surface area is 116 Å². The van der Waals surface area contributed by atoms with Crippen LogP contribution >= 0.6 is 0 Å². The van der Waals surface area contributed by atoms with Crippen molar-refractivity contribution in [1.29, 1.82) is 0 Å². The van der Waals surface area contributed by atoms with E-state index in [1.807, 2.05) is 0 Å². The second-order valence-electron chi connectivity index (χ2n) is 5.06. The maximum atomic E-state index is 11.9. The van der Waals surface area contributed by atoms with Gasteiger partial charge < -0.3 is 4.74 Å². The van der Waals surface area contributed by atoms with E-state index in [0.717, 1.165) is 30.4 Å². The second kappa shape index (κ2) is 6.45. The van der Waals surface area contributed by atoms with Gasteiger partial charge in [-0.1, -0.05) is 19.3 Å². The molecule has 1 aromatic heterocycles. The number of Topliss-reactive ketones (excluding diaryl/α,β-unsaturated/α-hetero) is 1. The Kier molecular flexibility index (Phi) is 4.65. The van der Waals surface area contributed by atoms with Gasteiger partial charge in [-0.15, -0.1) is 0 Å². The highest BCUT2D eigenvalue weighted by Gasteiger charge is 2.22. The minimum absolute atomic E-state index is 0.0182. The van der Waals surface area contributed by atoms with E-state index in [1.165, 1.54) is 25.6 Å². The second-order valence-corrected chi connectivity index (χ2v) is 5.06. The standard InChI is InChI=1S/C14H18N2O4/c1-16-13(18)8-7-11(15-16)14(19)20-9-12(17)10-5-3-2-4-6-10/h7-8,10H,2-6,9H2,1H3. The lowest BCUT2D eigenvalue weighted by Crippen LogP contribution is -2.26. The van der Waals surface area contributed by atoms with Crippen molar-refractivity contribution < 1.29 is 14.3 Å². The van der Waals surface area contributed by atoms with Crippen LogP contribution in [0.25, 0.3) is 0 Å². The zero-order chi connectivity index (χ0) is 14.5. The third-order valence-electron chi connectivity index (χ3n) is 3.58. The molecule has 6 nitrogen and oxygen atoms in total. The normalized spacial score (nSPS) is 15.8. The molecule has 1 aliphatic rings. The molecule has 1 fully saturated rings. The lowest BCUT2D eigenvalue weighted by atomic mass is 9.86. The number of nitrogens with zero attached hydrogens (tertiary/aromatic N) is 2. The van der Waals surface area contributed by atoms with Crippen LogP contribution < -0.4 is 5.56 Å². The number of ketones is 1. The van der Waals surface area contributed by atoms with Gasteiger partial charge >= 0.3 is 5.97 Å². The lowest BCUT2D eigenvalue weighted by molar-refractivity contribution is -0.126. The minimum Gasteiger partial charge on any atom is -0.453 e. The lowest BCUT2D eigenvalue weighted by Gasteiger charge is -2.19. The van der Waals surface area contributed by atoms with Gasteiger partial charge in [0.15, 0.2) is 18.1 Å². The van der Waals surface area contributed by atoms with Crippen LogP contribution in [0.3, 0.4) is 0 Å². The molecule has 2 rings (SSSR count). The summed E-state index contributed by atoms with van der Waals surface area (Å²) in [4.78, 5) is 34.8. The van der Waals surface area contributed by atoms with Crippen molar-refractivity contribution in [2.45, 2.75) is 32.1 Å². The van der Waals surface area contributed by atoms with Crippen molar-refractivity contribution >= 4 is 11.8 Å². The van der Waals surface area contributed by atoms with E-state index in [2.05, 4.69) is 5.10 Å². The number of ether oxygens (including phenoxy) is 1. The summed E-state index contributed by atoms with van der Waals surface area (Å²) in [6.07, 6.45) is 5.06. The predicted molar refractivity (Wildman–Crippen MR) is 71.3 cm³/mol. The molecule has 0 unspecified atom stereocenters. The Bertz CT molecular complexity index is 559.